The van der Waals surface area contributed by atoms with E-state index in [2.05, 4.69) is 0 Å². The molecule has 1 N–H and O–H groups in total. The summed E-state index contributed by atoms with van der Waals surface area (Å²) in [6, 6.07) is 0. The number of aliphatic hydroxyl groups is 1. The summed E-state index contributed by atoms with van der Waals surface area (Å²) in [5.41, 5.74) is -0.401. The smallest absolute Gasteiger partial charge is 0.309 e. The minimum absolute atomic E-state index is 0.0216. The number of carbonyl (C=O) groups excluding carboxylic acids is 1. The normalized spacial score (nSPS) is 24.2. The van der Waals surface area contributed by atoms with Gasteiger partial charge in [0.1, 0.15) is 5.60 Å². The average Bonchev–Trinajstić information content (AvgIpc) is 2.89. The first-order valence-electron chi connectivity index (χ1n) is 5.85. The molecule has 1 aliphatic carbocycles. The molecule has 0 radical (unpaired) electrons. The lowest BCUT2D eigenvalue weighted by molar-refractivity contribution is -0.157. The van der Waals surface area contributed by atoms with E-state index in [4.69, 9.17) is 14.6 Å². The van der Waals surface area contributed by atoms with E-state index in [9.17, 15) is 4.79 Å². The lowest BCUT2D eigenvalue weighted by Gasteiger charge is -2.19. The average molecular weight is 230 g/mol. The van der Waals surface area contributed by atoms with Gasteiger partial charge in [0, 0.05) is 13.2 Å². The molecule has 0 aromatic rings. The van der Waals surface area contributed by atoms with Crippen LogP contribution in [0, 0.1) is 11.8 Å². The summed E-state index contributed by atoms with van der Waals surface area (Å²) < 4.78 is 10.6. The molecule has 0 heterocycles. The molecule has 0 aliphatic heterocycles. The molecule has 94 valence electrons. The molecule has 0 saturated heterocycles. The van der Waals surface area contributed by atoms with Crippen molar-refractivity contribution in [2.24, 2.45) is 11.8 Å². The second kappa shape index (κ2) is 5.64. The second-order valence-electron chi connectivity index (χ2n) is 5.29. The maximum Gasteiger partial charge on any atom is 0.309 e. The molecular weight excluding hydrogens is 208 g/mol. The Morgan fingerprint density at radius 2 is 2.12 bits per heavy atom. The Hall–Kier alpha value is -0.610. The molecule has 1 fully saturated rings. The van der Waals surface area contributed by atoms with Crippen LogP contribution in [-0.4, -0.2) is 36.5 Å². The van der Waals surface area contributed by atoms with Gasteiger partial charge in [-0.3, -0.25) is 4.79 Å². The van der Waals surface area contributed by atoms with Crippen molar-refractivity contribution < 1.29 is 19.4 Å². The van der Waals surface area contributed by atoms with Crippen LogP contribution in [0.5, 0.6) is 0 Å². The highest BCUT2D eigenvalue weighted by Crippen LogP contribution is 2.40. The molecule has 0 unspecified atom stereocenters. The first-order valence-corrected chi connectivity index (χ1v) is 5.85. The molecule has 0 spiro atoms. The van der Waals surface area contributed by atoms with E-state index in [1.807, 2.05) is 20.8 Å². The van der Waals surface area contributed by atoms with Crippen LogP contribution in [0.1, 0.15) is 33.6 Å². The molecular formula is C12H22O4. The predicted molar refractivity (Wildman–Crippen MR) is 60.0 cm³/mol. The van der Waals surface area contributed by atoms with Gasteiger partial charge in [0.25, 0.3) is 0 Å². The number of rotatable bonds is 6. The summed E-state index contributed by atoms with van der Waals surface area (Å²) >= 11 is 0. The Bertz CT molecular complexity index is 232. The first kappa shape index (κ1) is 13.5. The molecule has 1 aliphatic rings. The van der Waals surface area contributed by atoms with E-state index >= 15 is 0 Å². The van der Waals surface area contributed by atoms with Crippen molar-refractivity contribution in [2.75, 3.05) is 19.8 Å². The van der Waals surface area contributed by atoms with Crippen molar-refractivity contribution >= 4 is 5.97 Å². The monoisotopic (exact) mass is 230 g/mol. The fourth-order valence-electron chi connectivity index (χ4n) is 1.50. The van der Waals surface area contributed by atoms with E-state index in [0.717, 1.165) is 6.42 Å². The third-order valence-corrected chi connectivity index (χ3v) is 2.41. The maximum atomic E-state index is 11.6. The highest BCUT2D eigenvalue weighted by molar-refractivity contribution is 5.76. The SMILES string of the molecule is CC(C)(C)OC(=O)[C@@H]1C[C@@H]1COCCCO. The Labute approximate surface area is 96.9 Å². The van der Waals surface area contributed by atoms with E-state index in [1.54, 1.807) is 0 Å². The van der Waals surface area contributed by atoms with Gasteiger partial charge in [-0.1, -0.05) is 0 Å². The number of esters is 1. The molecule has 0 amide bonds. The van der Waals surface area contributed by atoms with Gasteiger partial charge < -0.3 is 14.6 Å². The van der Waals surface area contributed by atoms with Crippen molar-refractivity contribution in [1.29, 1.82) is 0 Å². The van der Waals surface area contributed by atoms with Gasteiger partial charge >= 0.3 is 5.97 Å². The zero-order valence-corrected chi connectivity index (χ0v) is 10.4. The van der Waals surface area contributed by atoms with Crippen LogP contribution in [-0.2, 0) is 14.3 Å². The highest BCUT2D eigenvalue weighted by Gasteiger charge is 2.45. The first-order chi connectivity index (χ1) is 7.44. The summed E-state index contributed by atoms with van der Waals surface area (Å²) in [5, 5.41) is 8.56. The van der Waals surface area contributed by atoms with Gasteiger partial charge in [0.15, 0.2) is 0 Å². The van der Waals surface area contributed by atoms with Gasteiger partial charge in [-0.25, -0.2) is 0 Å². The van der Waals surface area contributed by atoms with E-state index in [0.29, 0.717) is 25.6 Å². The Kier molecular flexibility index (Phi) is 4.74. The zero-order valence-electron chi connectivity index (χ0n) is 10.4. The molecule has 0 aromatic heterocycles. The quantitative estimate of drug-likeness (QED) is 0.553. The minimum Gasteiger partial charge on any atom is -0.460 e. The standard InChI is InChI=1S/C12H22O4/c1-12(2,3)16-11(14)10-7-9(10)8-15-6-4-5-13/h9-10,13H,4-8H2,1-3H3/t9-,10-/m1/s1. The minimum atomic E-state index is -0.401. The van der Waals surface area contributed by atoms with Gasteiger partial charge in [-0.15, -0.1) is 0 Å². The fourth-order valence-corrected chi connectivity index (χ4v) is 1.50. The number of carbonyl (C=O) groups is 1. The van der Waals surface area contributed by atoms with Gasteiger partial charge in [0.05, 0.1) is 12.5 Å². The van der Waals surface area contributed by atoms with Crippen molar-refractivity contribution in [1.82, 2.24) is 0 Å². The molecule has 2 atom stereocenters. The third-order valence-electron chi connectivity index (χ3n) is 2.41. The summed E-state index contributed by atoms with van der Waals surface area (Å²) in [6.45, 7) is 6.94. The summed E-state index contributed by atoms with van der Waals surface area (Å²) in [5.74, 6) is 0.227. The Morgan fingerprint density at radius 3 is 2.69 bits per heavy atom. The van der Waals surface area contributed by atoms with Crippen LogP contribution < -0.4 is 0 Å². The van der Waals surface area contributed by atoms with E-state index < -0.39 is 5.60 Å². The number of hydrogen-bond acceptors (Lipinski definition) is 4. The van der Waals surface area contributed by atoms with Crippen LogP contribution in [0.3, 0.4) is 0 Å². The van der Waals surface area contributed by atoms with Crippen LogP contribution in [0.2, 0.25) is 0 Å². The molecule has 4 nitrogen and oxygen atoms in total. The molecule has 0 aromatic carbocycles. The number of ether oxygens (including phenoxy) is 2. The van der Waals surface area contributed by atoms with Crippen LogP contribution >= 0.6 is 0 Å². The van der Waals surface area contributed by atoms with Crippen molar-refractivity contribution in [3.8, 4) is 0 Å². The van der Waals surface area contributed by atoms with Gasteiger partial charge in [-0.2, -0.15) is 0 Å². The van der Waals surface area contributed by atoms with Gasteiger partial charge in [0.2, 0.25) is 0 Å². The fraction of sp³-hybridized carbons (Fsp3) is 0.917. The Balaban J connectivity index is 2.11. The number of aliphatic hydroxyl groups excluding tert-OH is 1. The summed E-state index contributed by atoms with van der Waals surface area (Å²) in [7, 11) is 0. The molecule has 1 rings (SSSR count). The van der Waals surface area contributed by atoms with Crippen molar-refractivity contribution in [2.45, 2.75) is 39.2 Å². The van der Waals surface area contributed by atoms with Crippen molar-refractivity contribution in [3.05, 3.63) is 0 Å². The largest absolute Gasteiger partial charge is 0.460 e. The third kappa shape index (κ3) is 4.94. The molecule has 16 heavy (non-hydrogen) atoms. The Morgan fingerprint density at radius 1 is 1.44 bits per heavy atom. The second-order valence-corrected chi connectivity index (χ2v) is 5.29. The van der Waals surface area contributed by atoms with Crippen LogP contribution in [0.15, 0.2) is 0 Å². The van der Waals surface area contributed by atoms with Crippen molar-refractivity contribution in [3.63, 3.8) is 0 Å². The summed E-state index contributed by atoms with van der Waals surface area (Å²) in [6.07, 6.45) is 1.53. The predicted octanol–water partition coefficient (Wildman–Crippen LogP) is 1.36. The lowest BCUT2D eigenvalue weighted by Crippen LogP contribution is -2.25. The van der Waals surface area contributed by atoms with E-state index in [1.165, 1.54) is 0 Å². The summed E-state index contributed by atoms with van der Waals surface area (Å²) in [4.78, 5) is 11.6. The number of hydrogen-bond donors (Lipinski definition) is 1. The maximum absolute atomic E-state index is 11.6. The molecule has 1 saturated carbocycles. The zero-order chi connectivity index (χ0) is 12.2. The van der Waals surface area contributed by atoms with E-state index in [-0.39, 0.29) is 18.5 Å². The molecule has 0 bridgehead atoms. The molecule has 4 heteroatoms. The highest BCUT2D eigenvalue weighted by atomic mass is 16.6. The van der Waals surface area contributed by atoms with Crippen LogP contribution in [0.4, 0.5) is 0 Å². The topological polar surface area (TPSA) is 55.8 Å². The lowest BCUT2D eigenvalue weighted by atomic mass is 10.2. The van der Waals surface area contributed by atoms with Crippen LogP contribution in [0.25, 0.3) is 0 Å². The van der Waals surface area contributed by atoms with Gasteiger partial charge in [-0.05, 0) is 39.5 Å².